The fourth-order valence-electron chi connectivity index (χ4n) is 2.10. The summed E-state index contributed by atoms with van der Waals surface area (Å²) in [7, 11) is 0. The number of hydrogen-bond donors (Lipinski definition) is 1. The Morgan fingerprint density at radius 3 is 2.08 bits per heavy atom. The van der Waals surface area contributed by atoms with Crippen LogP contribution < -0.4 is 5.32 Å². The van der Waals surface area contributed by atoms with E-state index in [9.17, 15) is 0 Å². The van der Waals surface area contributed by atoms with Gasteiger partial charge in [-0.3, -0.25) is 0 Å². The summed E-state index contributed by atoms with van der Waals surface area (Å²) >= 11 is 0. The third kappa shape index (κ3) is 3.14. The molecule has 0 unspecified atom stereocenters. The molecule has 0 aromatic carbocycles. The molecule has 72 valence electrons. The van der Waals surface area contributed by atoms with Crippen molar-refractivity contribution in [2.45, 2.75) is 53.0 Å². The molecule has 1 N–H and O–H groups in total. The van der Waals surface area contributed by atoms with Gasteiger partial charge in [0.2, 0.25) is 0 Å². The average Bonchev–Trinajstić information content (AvgIpc) is 1.76. The van der Waals surface area contributed by atoms with Crippen LogP contribution in [-0.2, 0) is 0 Å². The standard InChI is InChI=1S/C11H23N/c1-10(2,3)12-8-9-6-11(4,5)7-9/h9,12H,6-8H2,1-5H3. The molecule has 1 nitrogen and oxygen atoms in total. The minimum absolute atomic E-state index is 0.291. The predicted octanol–water partition coefficient (Wildman–Crippen LogP) is 2.81. The van der Waals surface area contributed by atoms with Gasteiger partial charge >= 0.3 is 0 Å². The van der Waals surface area contributed by atoms with Gasteiger partial charge in [0.1, 0.15) is 0 Å². The molecule has 0 atom stereocenters. The maximum Gasteiger partial charge on any atom is 0.00966 e. The van der Waals surface area contributed by atoms with Crippen LogP contribution in [0, 0.1) is 11.3 Å². The lowest BCUT2D eigenvalue weighted by Gasteiger charge is -2.43. The Kier molecular flexibility index (Phi) is 2.53. The molecule has 1 heteroatoms. The van der Waals surface area contributed by atoms with Gasteiger partial charge in [-0.15, -0.1) is 0 Å². The smallest absolute Gasteiger partial charge is 0.00966 e. The van der Waals surface area contributed by atoms with Gasteiger partial charge < -0.3 is 5.32 Å². The van der Waals surface area contributed by atoms with Crippen molar-refractivity contribution >= 4 is 0 Å². The topological polar surface area (TPSA) is 12.0 Å². The summed E-state index contributed by atoms with van der Waals surface area (Å²) in [5, 5.41) is 3.56. The molecule has 1 fully saturated rings. The first-order valence-corrected chi connectivity index (χ1v) is 5.04. The molecule has 1 aliphatic carbocycles. The second kappa shape index (κ2) is 3.02. The highest BCUT2D eigenvalue weighted by molar-refractivity contribution is 4.88. The summed E-state index contributed by atoms with van der Waals surface area (Å²) in [6.07, 6.45) is 2.80. The summed E-state index contributed by atoms with van der Waals surface area (Å²) in [6, 6.07) is 0. The van der Waals surface area contributed by atoms with Crippen LogP contribution in [0.15, 0.2) is 0 Å². The molecular weight excluding hydrogens is 146 g/mol. The highest BCUT2D eigenvalue weighted by Crippen LogP contribution is 2.44. The zero-order valence-electron chi connectivity index (χ0n) is 9.20. The van der Waals surface area contributed by atoms with Crippen molar-refractivity contribution in [3.8, 4) is 0 Å². The molecule has 0 aliphatic heterocycles. The molecule has 12 heavy (non-hydrogen) atoms. The van der Waals surface area contributed by atoms with E-state index in [0.29, 0.717) is 11.0 Å². The van der Waals surface area contributed by atoms with E-state index in [2.05, 4.69) is 39.9 Å². The first-order valence-electron chi connectivity index (χ1n) is 5.04. The van der Waals surface area contributed by atoms with Gasteiger partial charge in [0.15, 0.2) is 0 Å². The SMILES string of the molecule is CC1(C)CC(CNC(C)(C)C)C1. The van der Waals surface area contributed by atoms with E-state index in [1.54, 1.807) is 0 Å². The fourth-order valence-corrected chi connectivity index (χ4v) is 2.10. The third-order valence-electron chi connectivity index (χ3n) is 2.60. The maximum atomic E-state index is 3.56. The maximum absolute atomic E-state index is 3.56. The van der Waals surface area contributed by atoms with E-state index in [0.717, 1.165) is 5.92 Å². The second-order valence-corrected chi connectivity index (χ2v) is 6.07. The largest absolute Gasteiger partial charge is 0.312 e. The Hall–Kier alpha value is -0.0400. The first-order chi connectivity index (χ1) is 5.29. The van der Waals surface area contributed by atoms with Crippen LogP contribution in [0.1, 0.15) is 47.5 Å². The number of hydrogen-bond acceptors (Lipinski definition) is 1. The van der Waals surface area contributed by atoms with Crippen molar-refractivity contribution < 1.29 is 0 Å². The zero-order valence-corrected chi connectivity index (χ0v) is 9.20. The molecule has 1 aliphatic rings. The van der Waals surface area contributed by atoms with Crippen molar-refractivity contribution in [2.24, 2.45) is 11.3 Å². The average molecular weight is 169 g/mol. The van der Waals surface area contributed by atoms with Crippen LogP contribution in [0.4, 0.5) is 0 Å². The highest BCUT2D eigenvalue weighted by Gasteiger charge is 2.35. The van der Waals surface area contributed by atoms with Crippen molar-refractivity contribution in [3.63, 3.8) is 0 Å². The van der Waals surface area contributed by atoms with Crippen molar-refractivity contribution in [2.75, 3.05) is 6.54 Å². The van der Waals surface area contributed by atoms with Gasteiger partial charge in [-0.2, -0.15) is 0 Å². The van der Waals surface area contributed by atoms with E-state index < -0.39 is 0 Å². The molecule has 1 saturated carbocycles. The van der Waals surface area contributed by atoms with Gasteiger partial charge in [-0.05, 0) is 51.5 Å². The van der Waals surface area contributed by atoms with Gasteiger partial charge in [0.25, 0.3) is 0 Å². The third-order valence-corrected chi connectivity index (χ3v) is 2.60. The molecule has 0 aromatic heterocycles. The zero-order chi connectivity index (χ0) is 9.41. The normalized spacial score (nSPS) is 23.8. The van der Waals surface area contributed by atoms with Crippen LogP contribution in [0.5, 0.6) is 0 Å². The second-order valence-electron chi connectivity index (χ2n) is 6.07. The summed E-state index contributed by atoms with van der Waals surface area (Å²) in [6.45, 7) is 12.6. The molecule has 0 saturated heterocycles. The van der Waals surface area contributed by atoms with E-state index in [1.165, 1.54) is 19.4 Å². The van der Waals surface area contributed by atoms with Gasteiger partial charge in [-0.1, -0.05) is 13.8 Å². The van der Waals surface area contributed by atoms with Crippen LogP contribution in [0.25, 0.3) is 0 Å². The quantitative estimate of drug-likeness (QED) is 0.670. The van der Waals surface area contributed by atoms with Gasteiger partial charge in [-0.25, -0.2) is 0 Å². The van der Waals surface area contributed by atoms with E-state index in [-0.39, 0.29) is 0 Å². The Morgan fingerprint density at radius 2 is 1.75 bits per heavy atom. The Balaban J connectivity index is 2.12. The first kappa shape index (κ1) is 10.0. The molecule has 0 heterocycles. The van der Waals surface area contributed by atoms with E-state index in [1.807, 2.05) is 0 Å². The number of nitrogens with one attached hydrogen (secondary N) is 1. The minimum atomic E-state index is 0.291. The summed E-state index contributed by atoms with van der Waals surface area (Å²) in [4.78, 5) is 0. The van der Waals surface area contributed by atoms with E-state index >= 15 is 0 Å². The monoisotopic (exact) mass is 169 g/mol. The van der Waals surface area contributed by atoms with Gasteiger partial charge in [0, 0.05) is 5.54 Å². The molecule has 0 amide bonds. The van der Waals surface area contributed by atoms with Gasteiger partial charge in [0.05, 0.1) is 0 Å². The minimum Gasteiger partial charge on any atom is -0.312 e. The summed E-state index contributed by atoms with van der Waals surface area (Å²) < 4.78 is 0. The molecule has 0 aromatic rings. The summed E-state index contributed by atoms with van der Waals surface area (Å²) in [5.74, 6) is 0.930. The lowest BCUT2D eigenvalue weighted by Crippen LogP contribution is -2.44. The molecule has 0 spiro atoms. The van der Waals surface area contributed by atoms with Crippen molar-refractivity contribution in [1.82, 2.24) is 5.32 Å². The molecular formula is C11H23N. The highest BCUT2D eigenvalue weighted by atomic mass is 14.9. The molecule has 1 rings (SSSR count). The number of rotatable bonds is 2. The Labute approximate surface area is 76.9 Å². The lowest BCUT2D eigenvalue weighted by atomic mass is 9.64. The van der Waals surface area contributed by atoms with Crippen molar-refractivity contribution in [3.05, 3.63) is 0 Å². The molecule has 0 radical (unpaired) electrons. The Morgan fingerprint density at radius 1 is 1.25 bits per heavy atom. The summed E-state index contributed by atoms with van der Waals surface area (Å²) in [5.41, 5.74) is 0.921. The van der Waals surface area contributed by atoms with E-state index in [4.69, 9.17) is 0 Å². The van der Waals surface area contributed by atoms with Crippen LogP contribution in [0.2, 0.25) is 0 Å². The molecule has 0 bridgehead atoms. The fraction of sp³-hybridized carbons (Fsp3) is 1.00. The van der Waals surface area contributed by atoms with Crippen molar-refractivity contribution in [1.29, 1.82) is 0 Å². The Bertz CT molecular complexity index is 145. The lowest BCUT2D eigenvalue weighted by molar-refractivity contribution is 0.0903. The van der Waals surface area contributed by atoms with Crippen LogP contribution in [0.3, 0.4) is 0 Å². The van der Waals surface area contributed by atoms with Crippen LogP contribution in [-0.4, -0.2) is 12.1 Å². The predicted molar refractivity (Wildman–Crippen MR) is 54.3 cm³/mol. The van der Waals surface area contributed by atoms with Crippen LogP contribution >= 0.6 is 0 Å².